The molecule has 1 saturated heterocycles. The average molecular weight is 337 g/mol. The number of sulfone groups is 1. The summed E-state index contributed by atoms with van der Waals surface area (Å²) < 4.78 is 24.5. The molecule has 1 unspecified atom stereocenters. The van der Waals surface area contributed by atoms with Crippen molar-refractivity contribution >= 4 is 21.6 Å². The van der Waals surface area contributed by atoms with E-state index >= 15 is 0 Å². The largest absolute Gasteiger partial charge is 0.329 e. The fraction of sp³-hybridized carbons (Fsp3) is 1.00. The van der Waals surface area contributed by atoms with Crippen LogP contribution in [0.25, 0.3) is 0 Å². The summed E-state index contributed by atoms with van der Waals surface area (Å²) in [4.78, 5) is 2.22. The highest BCUT2D eigenvalue weighted by Gasteiger charge is 2.44. The third-order valence-corrected chi connectivity index (χ3v) is 6.79. The minimum Gasteiger partial charge on any atom is -0.329 e. The summed E-state index contributed by atoms with van der Waals surface area (Å²) in [6.45, 7) is 10.1. The monoisotopic (exact) mass is 336 g/mol. The van der Waals surface area contributed by atoms with Crippen LogP contribution in [0.4, 0.5) is 0 Å². The van der Waals surface area contributed by atoms with Gasteiger partial charge in [-0.05, 0) is 24.7 Å². The molecule has 0 aromatic rings. The highest BCUT2D eigenvalue weighted by molar-refractivity contribution is 8.00. The summed E-state index contributed by atoms with van der Waals surface area (Å²) in [6, 6.07) is 0. The molecule has 4 nitrogen and oxygen atoms in total. The van der Waals surface area contributed by atoms with Crippen LogP contribution in [0, 0.1) is 11.8 Å². The van der Waals surface area contributed by atoms with Gasteiger partial charge in [-0.1, -0.05) is 27.7 Å². The zero-order valence-electron chi connectivity index (χ0n) is 14.1. The molecule has 0 aliphatic carbocycles. The molecule has 0 spiro atoms. The second-order valence-electron chi connectivity index (χ2n) is 7.18. The molecule has 1 aliphatic rings. The van der Waals surface area contributed by atoms with Crippen molar-refractivity contribution in [1.29, 1.82) is 0 Å². The van der Waals surface area contributed by atoms with E-state index in [0.29, 0.717) is 24.1 Å². The van der Waals surface area contributed by atoms with Gasteiger partial charge in [0.05, 0.1) is 0 Å². The van der Waals surface area contributed by atoms with Gasteiger partial charge < -0.3 is 5.73 Å². The molecule has 21 heavy (non-hydrogen) atoms. The maximum atomic E-state index is 12.2. The summed E-state index contributed by atoms with van der Waals surface area (Å²) in [5, 5.41) is -0.391. The van der Waals surface area contributed by atoms with E-state index in [2.05, 4.69) is 32.6 Å². The van der Waals surface area contributed by atoms with Gasteiger partial charge in [-0.15, -0.1) is 0 Å². The third-order valence-electron chi connectivity index (χ3n) is 4.14. The Bertz CT molecular complexity index is 411. The summed E-state index contributed by atoms with van der Waals surface area (Å²) in [6.07, 6.45) is 3.28. The van der Waals surface area contributed by atoms with Crippen LogP contribution in [0.15, 0.2) is 0 Å². The fourth-order valence-electron chi connectivity index (χ4n) is 3.60. The molecule has 1 rings (SSSR count). The first-order valence-electron chi connectivity index (χ1n) is 7.86. The number of hydrogen-bond donors (Lipinski definition) is 1. The average Bonchev–Trinajstić information content (AvgIpc) is 2.35. The van der Waals surface area contributed by atoms with Crippen molar-refractivity contribution < 1.29 is 8.42 Å². The van der Waals surface area contributed by atoms with E-state index < -0.39 is 15.2 Å². The summed E-state index contributed by atoms with van der Waals surface area (Å²) >= 11 is 1.74. The first-order valence-corrected chi connectivity index (χ1v) is 11.0. The molecule has 126 valence electrons. The lowest BCUT2D eigenvalue weighted by atomic mass is 9.80. The summed E-state index contributed by atoms with van der Waals surface area (Å²) in [5.41, 5.74) is 6.00. The molecule has 1 heterocycles. The van der Waals surface area contributed by atoms with Crippen molar-refractivity contribution in [1.82, 2.24) is 4.90 Å². The van der Waals surface area contributed by atoms with Crippen LogP contribution in [0.5, 0.6) is 0 Å². The quantitative estimate of drug-likeness (QED) is 0.772. The molecule has 0 bridgehead atoms. The van der Waals surface area contributed by atoms with E-state index in [1.807, 2.05) is 0 Å². The molecule has 0 saturated carbocycles. The van der Waals surface area contributed by atoms with Gasteiger partial charge in [0.15, 0.2) is 9.84 Å². The first-order chi connectivity index (χ1) is 9.62. The zero-order chi connectivity index (χ0) is 16.3. The second kappa shape index (κ2) is 7.66. The van der Waals surface area contributed by atoms with Crippen LogP contribution in [0.1, 0.15) is 40.5 Å². The van der Waals surface area contributed by atoms with Crippen LogP contribution in [0.2, 0.25) is 0 Å². The van der Waals surface area contributed by atoms with E-state index in [1.165, 1.54) is 6.26 Å². The molecule has 2 N–H and O–H groups in total. The Morgan fingerprint density at radius 3 is 2.14 bits per heavy atom. The van der Waals surface area contributed by atoms with Gasteiger partial charge in [0, 0.05) is 36.4 Å². The Morgan fingerprint density at radius 1 is 1.24 bits per heavy atom. The van der Waals surface area contributed by atoms with Crippen molar-refractivity contribution in [2.24, 2.45) is 17.6 Å². The second-order valence-corrected chi connectivity index (χ2v) is 10.5. The van der Waals surface area contributed by atoms with Gasteiger partial charge in [-0.3, -0.25) is 4.90 Å². The smallest absolute Gasteiger partial charge is 0.164 e. The van der Waals surface area contributed by atoms with Crippen molar-refractivity contribution in [2.75, 3.05) is 30.9 Å². The molecular weight excluding hydrogens is 304 g/mol. The van der Waals surface area contributed by atoms with Crippen LogP contribution in [-0.2, 0) is 9.84 Å². The van der Waals surface area contributed by atoms with Crippen molar-refractivity contribution in [2.45, 2.75) is 51.4 Å². The molecule has 1 atom stereocenters. The maximum Gasteiger partial charge on any atom is 0.164 e. The van der Waals surface area contributed by atoms with Gasteiger partial charge in [0.1, 0.15) is 5.37 Å². The SMILES string of the molecule is CC(C)CC(CN)(CC(C)C)N1CCSCC1S(C)(=O)=O. The Balaban J connectivity index is 3.19. The zero-order valence-corrected chi connectivity index (χ0v) is 15.8. The fourth-order valence-corrected chi connectivity index (χ4v) is 6.54. The summed E-state index contributed by atoms with van der Waals surface area (Å²) in [7, 11) is -3.09. The molecule has 0 amide bonds. The van der Waals surface area contributed by atoms with Crippen molar-refractivity contribution in [3.63, 3.8) is 0 Å². The lowest BCUT2D eigenvalue weighted by Crippen LogP contribution is -2.63. The lowest BCUT2D eigenvalue weighted by Gasteiger charge is -2.50. The number of nitrogens with zero attached hydrogens (tertiary/aromatic N) is 1. The Kier molecular flexibility index (Phi) is 7.03. The van der Waals surface area contributed by atoms with E-state index in [4.69, 9.17) is 5.73 Å². The Morgan fingerprint density at radius 2 is 1.76 bits per heavy atom. The standard InChI is InChI=1S/C15H32N2O2S2/c1-12(2)8-15(11-16,9-13(3)4)17-6-7-20-10-14(17)21(5,18)19/h12-14H,6-11,16H2,1-5H3. The number of nitrogens with two attached hydrogens (primary N) is 1. The topological polar surface area (TPSA) is 63.4 Å². The highest BCUT2D eigenvalue weighted by atomic mass is 32.2. The van der Waals surface area contributed by atoms with Gasteiger partial charge in [-0.2, -0.15) is 11.8 Å². The van der Waals surface area contributed by atoms with E-state index in [0.717, 1.165) is 25.1 Å². The number of rotatable bonds is 7. The summed E-state index contributed by atoms with van der Waals surface area (Å²) in [5.74, 6) is 2.66. The molecular formula is C15H32N2O2S2. The Hall–Kier alpha value is 0.220. The predicted molar refractivity (Wildman–Crippen MR) is 93.4 cm³/mol. The Labute approximate surface area is 135 Å². The first kappa shape index (κ1) is 19.3. The van der Waals surface area contributed by atoms with Crippen LogP contribution < -0.4 is 5.73 Å². The van der Waals surface area contributed by atoms with Crippen LogP contribution in [-0.4, -0.2) is 55.1 Å². The maximum absolute atomic E-state index is 12.2. The molecule has 0 aromatic carbocycles. The van der Waals surface area contributed by atoms with Gasteiger partial charge in [0.2, 0.25) is 0 Å². The van der Waals surface area contributed by atoms with E-state index in [-0.39, 0.29) is 5.54 Å². The number of hydrogen-bond acceptors (Lipinski definition) is 5. The minimum atomic E-state index is -3.09. The highest BCUT2D eigenvalue weighted by Crippen LogP contribution is 2.36. The van der Waals surface area contributed by atoms with E-state index in [9.17, 15) is 8.42 Å². The molecule has 1 aliphatic heterocycles. The van der Waals surface area contributed by atoms with Gasteiger partial charge in [0.25, 0.3) is 0 Å². The van der Waals surface area contributed by atoms with Crippen LogP contribution in [0.3, 0.4) is 0 Å². The normalized spacial score (nSPS) is 22.2. The van der Waals surface area contributed by atoms with Crippen molar-refractivity contribution in [3.05, 3.63) is 0 Å². The molecule has 0 radical (unpaired) electrons. The third kappa shape index (κ3) is 5.12. The molecule has 6 heteroatoms. The minimum absolute atomic E-state index is 0.197. The molecule has 0 aromatic heterocycles. The van der Waals surface area contributed by atoms with E-state index in [1.54, 1.807) is 11.8 Å². The van der Waals surface area contributed by atoms with Crippen LogP contribution >= 0.6 is 11.8 Å². The predicted octanol–water partition coefficient (Wildman–Crippen LogP) is 2.20. The van der Waals surface area contributed by atoms with Crippen molar-refractivity contribution in [3.8, 4) is 0 Å². The van der Waals surface area contributed by atoms with Gasteiger partial charge >= 0.3 is 0 Å². The lowest BCUT2D eigenvalue weighted by molar-refractivity contribution is 0.0494. The van der Waals surface area contributed by atoms with Gasteiger partial charge in [-0.25, -0.2) is 8.42 Å². The number of thioether (sulfide) groups is 1. The molecule has 1 fully saturated rings.